The Kier molecular flexibility index (Phi) is 3.19. The molecule has 1 aromatic heterocycles. The van der Waals surface area contributed by atoms with Crippen molar-refractivity contribution in [1.82, 2.24) is 5.16 Å². The van der Waals surface area contributed by atoms with Crippen molar-refractivity contribution in [2.45, 2.75) is 20.8 Å². The van der Waals surface area contributed by atoms with Gasteiger partial charge in [-0.3, -0.25) is 0 Å². The molecular weight excluding hydrogens is 230 g/mol. The molecule has 0 fully saturated rings. The number of aryl methyl sites for hydroxylation is 2. The van der Waals surface area contributed by atoms with E-state index in [1.54, 1.807) is 6.07 Å². The Bertz CT molecular complexity index is 599. The Morgan fingerprint density at radius 1 is 1.28 bits per heavy atom. The summed E-state index contributed by atoms with van der Waals surface area (Å²) in [6.45, 7) is 5.72. The van der Waals surface area contributed by atoms with E-state index in [9.17, 15) is 4.79 Å². The lowest BCUT2D eigenvalue weighted by molar-refractivity contribution is 0.0600. The van der Waals surface area contributed by atoms with E-state index in [0.29, 0.717) is 11.3 Å². The number of hydrogen-bond donors (Lipinski definition) is 0. The molecule has 0 spiro atoms. The van der Waals surface area contributed by atoms with Gasteiger partial charge in [-0.05, 0) is 38.0 Å². The van der Waals surface area contributed by atoms with E-state index in [0.717, 1.165) is 22.4 Å². The second kappa shape index (κ2) is 4.64. The predicted octanol–water partition coefficient (Wildman–Crippen LogP) is 3.05. The maximum atomic E-state index is 11.7. The molecule has 0 amide bonds. The first-order valence-electron chi connectivity index (χ1n) is 5.66. The number of benzene rings is 1. The first-order chi connectivity index (χ1) is 8.54. The molecule has 4 nitrogen and oxygen atoms in total. The number of methoxy groups -OCH3 is 1. The van der Waals surface area contributed by atoms with Crippen LogP contribution in [0, 0.1) is 20.8 Å². The SMILES string of the molecule is COC(=O)c1ccc(C)c(-c2cc(C)no2)c1C. The van der Waals surface area contributed by atoms with Crippen molar-refractivity contribution >= 4 is 5.97 Å². The average molecular weight is 245 g/mol. The zero-order valence-corrected chi connectivity index (χ0v) is 10.9. The Morgan fingerprint density at radius 3 is 2.56 bits per heavy atom. The summed E-state index contributed by atoms with van der Waals surface area (Å²) < 4.78 is 10.0. The van der Waals surface area contributed by atoms with Gasteiger partial charge in [0.25, 0.3) is 0 Å². The molecule has 2 aromatic rings. The van der Waals surface area contributed by atoms with Crippen LogP contribution in [0.1, 0.15) is 27.2 Å². The van der Waals surface area contributed by atoms with Crippen LogP contribution in [0.5, 0.6) is 0 Å². The number of carbonyl (C=O) groups excluding carboxylic acids is 1. The lowest BCUT2D eigenvalue weighted by Gasteiger charge is -2.10. The van der Waals surface area contributed by atoms with Crippen molar-refractivity contribution in [2.75, 3.05) is 7.11 Å². The van der Waals surface area contributed by atoms with Crippen molar-refractivity contribution in [3.8, 4) is 11.3 Å². The fraction of sp³-hybridized carbons (Fsp3) is 0.286. The summed E-state index contributed by atoms with van der Waals surface area (Å²) in [4.78, 5) is 11.7. The Labute approximate surface area is 106 Å². The quantitative estimate of drug-likeness (QED) is 0.763. The molecule has 0 atom stereocenters. The topological polar surface area (TPSA) is 52.3 Å². The van der Waals surface area contributed by atoms with Gasteiger partial charge in [-0.15, -0.1) is 0 Å². The molecule has 2 rings (SSSR count). The van der Waals surface area contributed by atoms with Crippen LogP contribution in [0.15, 0.2) is 22.7 Å². The summed E-state index contributed by atoms with van der Waals surface area (Å²) in [6, 6.07) is 5.51. The molecule has 0 bridgehead atoms. The predicted molar refractivity (Wildman–Crippen MR) is 67.5 cm³/mol. The number of ether oxygens (including phenoxy) is 1. The van der Waals surface area contributed by atoms with Crippen molar-refractivity contribution in [3.05, 3.63) is 40.6 Å². The zero-order chi connectivity index (χ0) is 13.3. The molecule has 1 heterocycles. The Balaban J connectivity index is 2.63. The molecule has 4 heteroatoms. The van der Waals surface area contributed by atoms with Gasteiger partial charge < -0.3 is 9.26 Å². The van der Waals surface area contributed by atoms with Crippen molar-refractivity contribution in [1.29, 1.82) is 0 Å². The van der Waals surface area contributed by atoms with Crippen LogP contribution in [0.25, 0.3) is 11.3 Å². The number of aromatic nitrogens is 1. The first kappa shape index (κ1) is 12.4. The molecule has 0 saturated heterocycles. The highest BCUT2D eigenvalue weighted by molar-refractivity contribution is 5.93. The van der Waals surface area contributed by atoms with Gasteiger partial charge in [-0.2, -0.15) is 0 Å². The van der Waals surface area contributed by atoms with Gasteiger partial charge in [-0.25, -0.2) is 4.79 Å². The van der Waals surface area contributed by atoms with E-state index < -0.39 is 0 Å². The van der Waals surface area contributed by atoms with E-state index >= 15 is 0 Å². The summed E-state index contributed by atoms with van der Waals surface area (Å²) in [7, 11) is 1.37. The summed E-state index contributed by atoms with van der Waals surface area (Å²) in [5.41, 5.74) is 4.15. The van der Waals surface area contributed by atoms with Crippen LogP contribution < -0.4 is 0 Å². The van der Waals surface area contributed by atoms with Crippen molar-refractivity contribution in [2.24, 2.45) is 0 Å². The van der Waals surface area contributed by atoms with Gasteiger partial charge >= 0.3 is 5.97 Å². The van der Waals surface area contributed by atoms with Crippen LogP contribution in [0.4, 0.5) is 0 Å². The number of hydrogen-bond acceptors (Lipinski definition) is 4. The normalized spacial score (nSPS) is 10.4. The summed E-state index contributed by atoms with van der Waals surface area (Å²) in [5.74, 6) is 0.332. The third kappa shape index (κ3) is 2.01. The van der Waals surface area contributed by atoms with E-state index in [1.165, 1.54) is 7.11 Å². The summed E-state index contributed by atoms with van der Waals surface area (Å²) in [6.07, 6.45) is 0. The second-order valence-corrected chi connectivity index (χ2v) is 4.25. The molecule has 94 valence electrons. The largest absolute Gasteiger partial charge is 0.465 e. The molecule has 0 aliphatic heterocycles. The highest BCUT2D eigenvalue weighted by atomic mass is 16.5. The Hall–Kier alpha value is -2.10. The zero-order valence-electron chi connectivity index (χ0n) is 10.9. The minimum Gasteiger partial charge on any atom is -0.465 e. The van der Waals surface area contributed by atoms with Gasteiger partial charge in [0.15, 0.2) is 5.76 Å². The molecule has 18 heavy (non-hydrogen) atoms. The van der Waals surface area contributed by atoms with Gasteiger partial charge in [0.1, 0.15) is 0 Å². The molecule has 0 aliphatic carbocycles. The fourth-order valence-corrected chi connectivity index (χ4v) is 2.04. The van der Waals surface area contributed by atoms with Crippen LogP contribution in [-0.4, -0.2) is 18.2 Å². The molecular formula is C14H15NO3. The molecule has 0 aliphatic rings. The maximum Gasteiger partial charge on any atom is 0.338 e. The van der Waals surface area contributed by atoms with Gasteiger partial charge in [0.05, 0.1) is 18.4 Å². The smallest absolute Gasteiger partial charge is 0.338 e. The number of nitrogens with zero attached hydrogens (tertiary/aromatic N) is 1. The average Bonchev–Trinajstić information content (AvgIpc) is 2.75. The molecule has 0 saturated carbocycles. The lowest BCUT2D eigenvalue weighted by Crippen LogP contribution is -2.05. The fourth-order valence-electron chi connectivity index (χ4n) is 2.04. The number of carbonyl (C=O) groups is 1. The van der Waals surface area contributed by atoms with Crippen LogP contribution in [-0.2, 0) is 4.74 Å². The molecule has 0 radical (unpaired) electrons. The Morgan fingerprint density at radius 2 is 2.00 bits per heavy atom. The van der Waals surface area contributed by atoms with E-state index in [2.05, 4.69) is 5.16 Å². The standard InChI is InChI=1S/C14H15NO3/c1-8-5-6-11(14(16)17-4)10(3)13(8)12-7-9(2)15-18-12/h5-7H,1-4H3. The maximum absolute atomic E-state index is 11.7. The summed E-state index contributed by atoms with van der Waals surface area (Å²) in [5, 5.41) is 3.88. The van der Waals surface area contributed by atoms with Crippen molar-refractivity contribution in [3.63, 3.8) is 0 Å². The monoisotopic (exact) mass is 245 g/mol. The summed E-state index contributed by atoms with van der Waals surface area (Å²) >= 11 is 0. The van der Waals surface area contributed by atoms with Gasteiger partial charge in [-0.1, -0.05) is 11.2 Å². The second-order valence-electron chi connectivity index (χ2n) is 4.25. The van der Waals surface area contributed by atoms with E-state index in [1.807, 2.05) is 32.9 Å². The minimum absolute atomic E-state index is 0.343. The van der Waals surface area contributed by atoms with Gasteiger partial charge in [0, 0.05) is 11.6 Å². The van der Waals surface area contributed by atoms with E-state index in [-0.39, 0.29) is 5.97 Å². The van der Waals surface area contributed by atoms with Crippen LogP contribution >= 0.6 is 0 Å². The highest BCUT2D eigenvalue weighted by Gasteiger charge is 2.17. The number of esters is 1. The molecule has 0 N–H and O–H groups in total. The van der Waals surface area contributed by atoms with Gasteiger partial charge in [0.2, 0.25) is 0 Å². The highest BCUT2D eigenvalue weighted by Crippen LogP contribution is 2.30. The minimum atomic E-state index is -0.343. The van der Waals surface area contributed by atoms with Crippen LogP contribution in [0.2, 0.25) is 0 Å². The number of rotatable bonds is 2. The third-order valence-electron chi connectivity index (χ3n) is 2.95. The van der Waals surface area contributed by atoms with Crippen LogP contribution in [0.3, 0.4) is 0 Å². The lowest BCUT2D eigenvalue weighted by atomic mass is 9.96. The molecule has 0 unspecified atom stereocenters. The van der Waals surface area contributed by atoms with E-state index in [4.69, 9.17) is 9.26 Å². The van der Waals surface area contributed by atoms with Crippen molar-refractivity contribution < 1.29 is 14.1 Å². The third-order valence-corrected chi connectivity index (χ3v) is 2.95. The first-order valence-corrected chi connectivity index (χ1v) is 5.66. The molecule has 1 aromatic carbocycles.